The molecule has 0 aliphatic rings. The van der Waals surface area contributed by atoms with Crippen molar-refractivity contribution >= 4 is 11.6 Å². The second-order valence-corrected chi connectivity index (χ2v) is 3.44. The predicted octanol–water partition coefficient (Wildman–Crippen LogP) is 2.37. The smallest absolute Gasteiger partial charge is 0.144 e. The second-order valence-electron chi connectivity index (χ2n) is 3.44. The van der Waals surface area contributed by atoms with Crippen molar-refractivity contribution in [3.05, 3.63) is 35.1 Å². The molecule has 86 valence electrons. The van der Waals surface area contributed by atoms with Crippen LogP contribution in [0.1, 0.15) is 25.3 Å². The average Bonchev–Trinajstić information content (AvgIpc) is 2.09. The zero-order valence-corrected chi connectivity index (χ0v) is 8.68. The number of carbonyl (C=O) groups is 2. The number of hydrogen-bond acceptors (Lipinski definition) is 2. The van der Waals surface area contributed by atoms with Crippen LogP contribution < -0.4 is 0 Å². The van der Waals surface area contributed by atoms with Crippen LogP contribution in [0, 0.1) is 17.5 Å². The molecule has 0 saturated carbocycles. The van der Waals surface area contributed by atoms with Crippen molar-refractivity contribution in [1.82, 2.24) is 0 Å². The molecule has 0 fully saturated rings. The molecule has 0 amide bonds. The highest BCUT2D eigenvalue weighted by Gasteiger charge is 2.28. The molecule has 0 heterocycles. The van der Waals surface area contributed by atoms with E-state index in [1.807, 2.05) is 0 Å². The molecule has 0 aromatic heterocycles. The van der Waals surface area contributed by atoms with Crippen LogP contribution in [0.2, 0.25) is 0 Å². The first-order valence-corrected chi connectivity index (χ1v) is 4.50. The van der Waals surface area contributed by atoms with Crippen molar-refractivity contribution < 1.29 is 22.8 Å². The van der Waals surface area contributed by atoms with Gasteiger partial charge in [0.15, 0.2) is 0 Å². The van der Waals surface area contributed by atoms with Gasteiger partial charge in [-0.2, -0.15) is 0 Å². The van der Waals surface area contributed by atoms with E-state index in [4.69, 9.17) is 0 Å². The lowest BCUT2D eigenvalue weighted by molar-refractivity contribution is -0.127. The Bertz CT molecular complexity index is 418. The third-order valence-corrected chi connectivity index (χ3v) is 2.15. The van der Waals surface area contributed by atoms with Crippen LogP contribution in [-0.4, -0.2) is 11.6 Å². The van der Waals surface area contributed by atoms with Gasteiger partial charge in [-0.25, -0.2) is 13.2 Å². The second kappa shape index (κ2) is 4.47. The van der Waals surface area contributed by atoms with Gasteiger partial charge in [0.1, 0.15) is 34.9 Å². The van der Waals surface area contributed by atoms with Crippen LogP contribution in [0.15, 0.2) is 12.1 Å². The number of carbonyl (C=O) groups excluding carboxylic acids is 2. The monoisotopic (exact) mass is 230 g/mol. The zero-order valence-electron chi connectivity index (χ0n) is 8.68. The van der Waals surface area contributed by atoms with Gasteiger partial charge in [-0.05, 0) is 13.8 Å². The molecule has 5 heteroatoms. The van der Waals surface area contributed by atoms with Crippen molar-refractivity contribution in [2.24, 2.45) is 0 Å². The molecule has 1 aromatic rings. The van der Waals surface area contributed by atoms with E-state index in [-0.39, 0.29) is 0 Å². The van der Waals surface area contributed by atoms with Crippen molar-refractivity contribution in [1.29, 1.82) is 0 Å². The van der Waals surface area contributed by atoms with Gasteiger partial charge in [0.25, 0.3) is 0 Å². The molecule has 0 unspecified atom stereocenters. The molecule has 1 aromatic carbocycles. The molecule has 0 radical (unpaired) electrons. The highest BCUT2D eigenvalue weighted by Crippen LogP contribution is 2.25. The van der Waals surface area contributed by atoms with E-state index in [0.29, 0.717) is 12.1 Å². The number of halogens is 3. The maximum Gasteiger partial charge on any atom is 0.144 e. The highest BCUT2D eigenvalue weighted by molar-refractivity contribution is 6.05. The summed E-state index contributed by atoms with van der Waals surface area (Å²) in [4.78, 5) is 22.3. The topological polar surface area (TPSA) is 34.1 Å². The lowest BCUT2D eigenvalue weighted by Gasteiger charge is -2.12. The summed E-state index contributed by atoms with van der Waals surface area (Å²) >= 11 is 0. The molecule has 1 rings (SSSR count). The van der Waals surface area contributed by atoms with Crippen LogP contribution in [0.3, 0.4) is 0 Å². The third kappa shape index (κ3) is 2.29. The van der Waals surface area contributed by atoms with Crippen molar-refractivity contribution in [2.75, 3.05) is 0 Å². The molecule has 0 bridgehead atoms. The van der Waals surface area contributed by atoms with E-state index >= 15 is 0 Å². The zero-order chi connectivity index (χ0) is 12.5. The lowest BCUT2D eigenvalue weighted by atomic mass is 9.91. The Morgan fingerprint density at radius 2 is 1.38 bits per heavy atom. The van der Waals surface area contributed by atoms with Crippen LogP contribution in [0.5, 0.6) is 0 Å². The van der Waals surface area contributed by atoms with E-state index in [9.17, 15) is 22.8 Å². The molecule has 0 spiro atoms. The predicted molar refractivity (Wildman–Crippen MR) is 50.4 cm³/mol. The molecule has 0 aliphatic carbocycles. The number of rotatable bonds is 3. The van der Waals surface area contributed by atoms with E-state index in [0.717, 1.165) is 13.8 Å². The van der Waals surface area contributed by atoms with Gasteiger partial charge in [0.05, 0.1) is 0 Å². The van der Waals surface area contributed by atoms with Crippen LogP contribution >= 0.6 is 0 Å². The van der Waals surface area contributed by atoms with E-state index in [1.165, 1.54) is 0 Å². The molecule has 0 saturated heterocycles. The van der Waals surface area contributed by atoms with Gasteiger partial charge in [-0.15, -0.1) is 0 Å². The number of benzene rings is 1. The van der Waals surface area contributed by atoms with Gasteiger partial charge >= 0.3 is 0 Å². The summed E-state index contributed by atoms with van der Waals surface area (Å²) in [5, 5.41) is 0. The summed E-state index contributed by atoms with van der Waals surface area (Å²) in [5.41, 5.74) is -0.693. The van der Waals surface area contributed by atoms with Gasteiger partial charge in [0.2, 0.25) is 0 Å². The first-order chi connectivity index (χ1) is 7.34. The van der Waals surface area contributed by atoms with Crippen LogP contribution in [0.4, 0.5) is 13.2 Å². The Labute approximate surface area is 90.1 Å². The molecule has 16 heavy (non-hydrogen) atoms. The third-order valence-electron chi connectivity index (χ3n) is 2.15. The standard InChI is InChI=1S/C11H9F3O2/c1-5(15)10(6(2)16)11-8(13)3-7(12)4-9(11)14/h3-4,10H,1-2H3. The summed E-state index contributed by atoms with van der Waals surface area (Å²) < 4.78 is 39.2. The normalized spacial score (nSPS) is 10.6. The maximum absolute atomic E-state index is 13.3. The fourth-order valence-corrected chi connectivity index (χ4v) is 1.52. The van der Waals surface area contributed by atoms with Gasteiger partial charge < -0.3 is 0 Å². The number of ketones is 2. The minimum absolute atomic E-state index is 0.442. The Kier molecular flexibility index (Phi) is 3.47. The molecule has 0 aliphatic heterocycles. The van der Waals surface area contributed by atoms with Crippen molar-refractivity contribution in [3.63, 3.8) is 0 Å². The van der Waals surface area contributed by atoms with E-state index in [2.05, 4.69) is 0 Å². The molecular weight excluding hydrogens is 221 g/mol. The minimum atomic E-state index is -1.51. The summed E-state index contributed by atoms with van der Waals surface area (Å²) in [6, 6.07) is 0.884. The SMILES string of the molecule is CC(=O)C(C(C)=O)c1c(F)cc(F)cc1F. The number of Topliss-reactive ketones (excluding diaryl/α,β-unsaturated/α-hetero) is 2. The quantitative estimate of drug-likeness (QED) is 0.747. The summed E-state index contributed by atoms with van der Waals surface area (Å²) in [6.07, 6.45) is 0. The first kappa shape index (κ1) is 12.4. The van der Waals surface area contributed by atoms with Gasteiger partial charge in [-0.1, -0.05) is 0 Å². The Hall–Kier alpha value is -1.65. The number of hydrogen-bond donors (Lipinski definition) is 0. The molecule has 2 nitrogen and oxygen atoms in total. The maximum atomic E-state index is 13.3. The first-order valence-electron chi connectivity index (χ1n) is 4.50. The largest absolute Gasteiger partial charge is 0.299 e. The molecule has 0 N–H and O–H groups in total. The van der Waals surface area contributed by atoms with Crippen molar-refractivity contribution in [3.8, 4) is 0 Å². The van der Waals surface area contributed by atoms with E-state index < -0.39 is 40.5 Å². The Morgan fingerprint density at radius 3 is 1.69 bits per heavy atom. The minimum Gasteiger partial charge on any atom is -0.299 e. The van der Waals surface area contributed by atoms with Gasteiger partial charge in [-0.3, -0.25) is 9.59 Å². The van der Waals surface area contributed by atoms with Gasteiger partial charge in [0, 0.05) is 17.7 Å². The summed E-state index contributed by atoms with van der Waals surface area (Å²) in [6.45, 7) is 2.10. The summed E-state index contributed by atoms with van der Waals surface area (Å²) in [5.74, 6) is -6.43. The Balaban J connectivity index is 3.41. The Morgan fingerprint density at radius 1 is 1.00 bits per heavy atom. The van der Waals surface area contributed by atoms with Crippen LogP contribution in [0.25, 0.3) is 0 Å². The highest BCUT2D eigenvalue weighted by atomic mass is 19.1. The van der Waals surface area contributed by atoms with Crippen LogP contribution in [-0.2, 0) is 9.59 Å². The molecule has 0 atom stereocenters. The van der Waals surface area contributed by atoms with Crippen molar-refractivity contribution in [2.45, 2.75) is 19.8 Å². The van der Waals surface area contributed by atoms with E-state index in [1.54, 1.807) is 0 Å². The fourth-order valence-electron chi connectivity index (χ4n) is 1.52. The average molecular weight is 230 g/mol. The fraction of sp³-hybridized carbons (Fsp3) is 0.273. The molecular formula is C11H9F3O2. The summed E-state index contributed by atoms with van der Waals surface area (Å²) in [7, 11) is 0. The lowest BCUT2D eigenvalue weighted by Crippen LogP contribution is -2.20.